The van der Waals surface area contributed by atoms with E-state index in [0.717, 1.165) is 36.6 Å². The van der Waals surface area contributed by atoms with E-state index >= 15 is 0 Å². The fourth-order valence-electron chi connectivity index (χ4n) is 7.89. The van der Waals surface area contributed by atoms with Crippen LogP contribution in [0.1, 0.15) is 89.4 Å². The van der Waals surface area contributed by atoms with Crippen LogP contribution in [0.4, 0.5) is 14.5 Å². The van der Waals surface area contributed by atoms with Gasteiger partial charge in [-0.3, -0.25) is 9.59 Å². The van der Waals surface area contributed by atoms with E-state index in [1.165, 1.54) is 31.4 Å². The average Bonchev–Trinajstić information content (AvgIpc) is 3.66. The molecule has 0 aliphatic carbocycles. The maximum atomic E-state index is 14.8. The van der Waals surface area contributed by atoms with Crippen LogP contribution in [0.3, 0.4) is 0 Å². The number of aromatic hydroxyl groups is 2. The van der Waals surface area contributed by atoms with Crippen molar-refractivity contribution in [3.8, 4) is 23.1 Å². The molecule has 0 atom stereocenters. The average molecular weight is 905 g/mol. The Kier molecular flexibility index (Phi) is 12.9. The first-order valence-corrected chi connectivity index (χ1v) is 21.2. The molecule has 1 aliphatic rings. The molecule has 2 amide bonds. The number of phenolic OH excluding ortho intramolecular Hbond substituents is 1. The van der Waals surface area contributed by atoms with Crippen molar-refractivity contribution in [1.29, 1.82) is 0 Å². The summed E-state index contributed by atoms with van der Waals surface area (Å²) in [6.07, 6.45) is 2.79. The lowest BCUT2D eigenvalue weighted by Gasteiger charge is -2.23. The number of benzene rings is 6. The summed E-state index contributed by atoms with van der Waals surface area (Å²) in [5.74, 6) is -5.02. The van der Waals surface area contributed by atoms with E-state index in [9.17, 15) is 43.3 Å². The van der Waals surface area contributed by atoms with Gasteiger partial charge in [-0.25, -0.2) is 23.4 Å². The molecular weight excluding hydrogens is 863 g/mol. The van der Waals surface area contributed by atoms with Crippen molar-refractivity contribution in [3.63, 3.8) is 0 Å². The minimum Gasteiger partial charge on any atom is -0.505 e. The van der Waals surface area contributed by atoms with Gasteiger partial charge in [0, 0.05) is 68.3 Å². The maximum Gasteiger partial charge on any atom is 0.337 e. The number of phenols is 1. The predicted octanol–water partition coefficient (Wildman–Crippen LogP) is 7.99. The molecule has 13 nitrogen and oxygen atoms in total. The number of aliphatic imine (C=N–C) groups is 1. The summed E-state index contributed by atoms with van der Waals surface area (Å²) in [4.78, 5) is 58.7. The number of H-pyrrole nitrogens is 1. The summed E-state index contributed by atoms with van der Waals surface area (Å²) in [5, 5.41) is 37.8. The van der Waals surface area contributed by atoms with Crippen LogP contribution in [-0.2, 0) is 4.74 Å². The first-order valence-electron chi connectivity index (χ1n) is 21.2. The van der Waals surface area contributed by atoms with Crippen LogP contribution < -0.4 is 25.8 Å². The Morgan fingerprint density at radius 1 is 0.716 bits per heavy atom. The second-order valence-electron chi connectivity index (χ2n) is 15.7. The number of aromatic carboxylic acids is 1. The number of rotatable bonds is 15. The molecule has 2 heterocycles. The number of carboxylic acids is 1. The fraction of sp³-hybridized carbons (Fsp3) is 0.135. The van der Waals surface area contributed by atoms with Crippen molar-refractivity contribution < 1.29 is 52.8 Å². The molecule has 7 aromatic rings. The number of amides is 2. The van der Waals surface area contributed by atoms with E-state index in [1.54, 1.807) is 42.5 Å². The highest BCUT2D eigenvalue weighted by Crippen LogP contribution is 2.40. The fourth-order valence-corrected chi connectivity index (χ4v) is 7.89. The molecule has 0 saturated carbocycles. The molecule has 0 radical (unpaired) electrons. The summed E-state index contributed by atoms with van der Waals surface area (Å²) >= 11 is 0. The number of halogens is 2. The molecule has 67 heavy (non-hydrogen) atoms. The Bertz CT molecular complexity index is 3260. The third-order valence-corrected chi connectivity index (χ3v) is 11.3. The Hall–Kier alpha value is -8.59. The molecule has 1 aliphatic heterocycles. The summed E-state index contributed by atoms with van der Waals surface area (Å²) in [6.45, 7) is 4.37. The van der Waals surface area contributed by atoms with Crippen LogP contribution in [0.15, 0.2) is 120 Å². The number of unbranched alkanes of at least 4 members (excludes halogenated alkanes) is 3. The van der Waals surface area contributed by atoms with Gasteiger partial charge in [0.05, 0.1) is 35.2 Å². The zero-order valence-corrected chi connectivity index (χ0v) is 35.9. The van der Waals surface area contributed by atoms with E-state index in [2.05, 4.69) is 22.2 Å². The van der Waals surface area contributed by atoms with Crippen molar-refractivity contribution in [2.75, 3.05) is 20.2 Å². The summed E-state index contributed by atoms with van der Waals surface area (Å²) < 4.78 is 40.1. The van der Waals surface area contributed by atoms with Gasteiger partial charge in [-0.1, -0.05) is 61.9 Å². The number of carboxylic acid groups (broad SMARTS) is 1. The number of carbonyl (C=O) groups is 4. The number of nitrogens with zero attached hydrogens (tertiary/aromatic N) is 1. The molecule has 338 valence electrons. The van der Waals surface area contributed by atoms with Gasteiger partial charge in [0.2, 0.25) is 0 Å². The number of fused-ring (bicyclic) bond motifs is 3. The number of hydrogen-bond acceptors (Lipinski definition) is 9. The Morgan fingerprint density at radius 3 is 2.07 bits per heavy atom. The van der Waals surface area contributed by atoms with E-state index in [4.69, 9.17) is 14.5 Å². The lowest BCUT2D eigenvalue weighted by molar-refractivity contribution is 0.0599. The first kappa shape index (κ1) is 45.0. The highest BCUT2D eigenvalue weighted by Gasteiger charge is 2.27. The van der Waals surface area contributed by atoms with Crippen LogP contribution in [-0.4, -0.2) is 70.0 Å². The molecule has 0 saturated heterocycles. The third kappa shape index (κ3) is 9.47. The molecule has 1 aromatic heterocycles. The van der Waals surface area contributed by atoms with Crippen molar-refractivity contribution >= 4 is 58.2 Å². The van der Waals surface area contributed by atoms with Crippen molar-refractivity contribution in [1.82, 2.24) is 15.6 Å². The van der Waals surface area contributed by atoms with Gasteiger partial charge in [0.1, 0.15) is 17.3 Å². The molecule has 0 bridgehead atoms. The summed E-state index contributed by atoms with van der Waals surface area (Å²) in [6, 6.07) is 29.5. The van der Waals surface area contributed by atoms with Crippen molar-refractivity contribution in [3.05, 3.63) is 182 Å². The second-order valence-corrected chi connectivity index (χ2v) is 15.7. The minimum absolute atomic E-state index is 0.0118. The van der Waals surface area contributed by atoms with Gasteiger partial charge < -0.3 is 40.4 Å². The number of aromatic nitrogens is 1. The van der Waals surface area contributed by atoms with Gasteiger partial charge in [-0.05, 0) is 85.1 Å². The molecule has 8 rings (SSSR count). The number of ether oxygens (including phenoxy) is 2. The second kappa shape index (κ2) is 19.3. The van der Waals surface area contributed by atoms with Crippen LogP contribution >= 0.6 is 0 Å². The number of hydrogen-bond donors (Lipinski definition) is 6. The quantitative estimate of drug-likeness (QED) is 0.0335. The van der Waals surface area contributed by atoms with Crippen LogP contribution in [0.25, 0.3) is 23.1 Å². The predicted molar refractivity (Wildman–Crippen MR) is 247 cm³/mol. The number of esters is 1. The largest absolute Gasteiger partial charge is 0.505 e. The molecule has 0 unspecified atom stereocenters. The number of carbonyl (C=O) groups excluding carboxylic acids is 3. The monoisotopic (exact) mass is 904 g/mol. The normalized spacial score (nSPS) is 11.9. The first-order chi connectivity index (χ1) is 32.3. The van der Waals surface area contributed by atoms with Gasteiger partial charge in [0.25, 0.3) is 11.8 Å². The van der Waals surface area contributed by atoms with Crippen molar-refractivity contribution in [2.45, 2.75) is 25.7 Å². The zero-order chi connectivity index (χ0) is 47.4. The minimum atomic E-state index is -1.38. The molecule has 0 spiro atoms. The molecule has 15 heteroatoms. The summed E-state index contributed by atoms with van der Waals surface area (Å²) in [5.41, 5.74) is 3.56. The molecule has 6 aromatic carbocycles. The number of methoxy groups -OCH3 is 1. The lowest BCUT2D eigenvalue weighted by atomic mass is 9.88. The van der Waals surface area contributed by atoms with E-state index in [1.807, 2.05) is 30.3 Å². The molecular formula is C52H42F2N4O9. The Balaban J connectivity index is 0.852. The molecule has 0 fully saturated rings. The number of aromatic amines is 1. The highest BCUT2D eigenvalue weighted by atomic mass is 19.1. The van der Waals surface area contributed by atoms with Gasteiger partial charge in [-0.15, -0.1) is 0 Å². The van der Waals surface area contributed by atoms with E-state index < -0.39 is 35.2 Å². The standard InChI is InChI=1S/C52H42F2N4O9/c1-28-22-43-37(25-39(28)53)45(38-26-40(54)42(59)27-44(38)67-43)34-18-14-31(23-36(34)51(63)64)49(61)56-21-9-4-3-8-20-55-48(60)30-12-16-33(17-13-30)57-47(29-10-6-5-7-11-29)46-35-19-15-32(52(65)66-2)24-41(35)58-50(46)62/h5-7,10-19,22-27,58-59,62H,1,3-4,8-9,20-21H2,2H3,(H,55,60)(H,56,61)(H,63,64). The maximum absolute atomic E-state index is 14.8. The Labute approximate surface area is 381 Å². The lowest BCUT2D eigenvalue weighted by Crippen LogP contribution is -2.26. The number of nitrogens with one attached hydrogen (secondary N) is 3. The highest BCUT2D eigenvalue weighted by molar-refractivity contribution is 6.22. The smallest absolute Gasteiger partial charge is 0.337 e. The van der Waals surface area contributed by atoms with Gasteiger partial charge in [0.15, 0.2) is 17.4 Å². The van der Waals surface area contributed by atoms with Crippen LogP contribution in [0, 0.1) is 11.6 Å². The Morgan fingerprint density at radius 2 is 1.39 bits per heavy atom. The SMILES string of the molecule is C=c1cc2c(cc1F)=C(c1ccc(C(=O)NCCCCCCNC(=O)c3ccc(N=C(c4ccccc4)c4c(O)[nH]c5cc(C(=O)OC)ccc45)cc3)cc1C(=O)O)c1cc(F)c(O)cc1O2. The van der Waals surface area contributed by atoms with Gasteiger partial charge in [-0.2, -0.15) is 0 Å². The topological polar surface area (TPSA) is 200 Å². The van der Waals surface area contributed by atoms with Crippen LogP contribution in [0.2, 0.25) is 0 Å². The summed E-state index contributed by atoms with van der Waals surface area (Å²) in [7, 11) is 1.30. The third-order valence-electron chi connectivity index (χ3n) is 11.3. The van der Waals surface area contributed by atoms with Gasteiger partial charge >= 0.3 is 11.9 Å². The zero-order valence-electron chi connectivity index (χ0n) is 35.9. The van der Waals surface area contributed by atoms with Crippen molar-refractivity contribution in [2.24, 2.45) is 4.99 Å². The van der Waals surface area contributed by atoms with E-state index in [-0.39, 0.29) is 61.6 Å². The molecule has 6 N–H and O–H groups in total. The van der Waals surface area contributed by atoms with Crippen LogP contribution in [0.5, 0.6) is 23.1 Å². The van der Waals surface area contributed by atoms with E-state index in [0.29, 0.717) is 64.9 Å².